The number of anilines is 2. The van der Waals surface area contributed by atoms with Crippen molar-refractivity contribution in [1.29, 1.82) is 0 Å². The van der Waals surface area contributed by atoms with Crippen LogP contribution in [0.5, 0.6) is 0 Å². The first-order valence-corrected chi connectivity index (χ1v) is 6.88. The van der Waals surface area contributed by atoms with Crippen LogP contribution in [0.4, 0.5) is 11.5 Å². The second-order valence-electron chi connectivity index (χ2n) is 4.80. The standard InChI is InChI=1S/C16H16ClN3O/c1-4-13(21)8-12-7-10(2)5-6-14(12)19-15-11(3)9-18-16(17)20-15/h4-7,9H,1,8H2,2-3H3,(H,18,19,20). The Morgan fingerprint density at radius 3 is 2.90 bits per heavy atom. The molecule has 1 aromatic heterocycles. The molecule has 1 heterocycles. The Bertz CT molecular complexity index is 698. The molecule has 0 aliphatic carbocycles. The maximum atomic E-state index is 11.6. The lowest BCUT2D eigenvalue weighted by atomic mass is 10.0. The molecule has 0 bridgehead atoms. The molecular weight excluding hydrogens is 286 g/mol. The van der Waals surface area contributed by atoms with Crippen molar-refractivity contribution in [2.45, 2.75) is 20.3 Å². The fourth-order valence-corrected chi connectivity index (χ4v) is 2.06. The zero-order chi connectivity index (χ0) is 15.4. The van der Waals surface area contributed by atoms with Crippen LogP contribution in [-0.2, 0) is 11.2 Å². The van der Waals surface area contributed by atoms with Gasteiger partial charge in [0.1, 0.15) is 5.82 Å². The second-order valence-corrected chi connectivity index (χ2v) is 5.14. The van der Waals surface area contributed by atoms with Crippen LogP contribution in [-0.4, -0.2) is 15.8 Å². The average molecular weight is 302 g/mol. The summed E-state index contributed by atoms with van der Waals surface area (Å²) < 4.78 is 0. The first kappa shape index (κ1) is 15.2. The predicted octanol–water partition coefficient (Wildman–Crippen LogP) is 3.79. The lowest BCUT2D eigenvalue weighted by molar-refractivity contribution is -0.114. The van der Waals surface area contributed by atoms with E-state index in [0.717, 1.165) is 22.4 Å². The van der Waals surface area contributed by atoms with Crippen LogP contribution in [0.1, 0.15) is 16.7 Å². The number of carbonyl (C=O) groups excluding carboxylic acids is 1. The van der Waals surface area contributed by atoms with Crippen molar-refractivity contribution in [2.24, 2.45) is 0 Å². The first-order chi connectivity index (χ1) is 9.99. The highest BCUT2D eigenvalue weighted by Gasteiger charge is 2.09. The fourth-order valence-electron chi connectivity index (χ4n) is 1.93. The molecule has 1 N–H and O–H groups in total. The minimum atomic E-state index is -0.0268. The van der Waals surface area contributed by atoms with Crippen molar-refractivity contribution in [3.63, 3.8) is 0 Å². The molecule has 0 spiro atoms. The van der Waals surface area contributed by atoms with Gasteiger partial charge in [0.25, 0.3) is 0 Å². The number of hydrogen-bond acceptors (Lipinski definition) is 4. The van der Waals surface area contributed by atoms with E-state index in [-0.39, 0.29) is 11.1 Å². The minimum Gasteiger partial charge on any atom is -0.340 e. The van der Waals surface area contributed by atoms with Crippen molar-refractivity contribution < 1.29 is 4.79 Å². The zero-order valence-corrected chi connectivity index (χ0v) is 12.7. The SMILES string of the molecule is C=CC(=O)Cc1cc(C)ccc1Nc1nc(Cl)ncc1C. The number of halogens is 1. The van der Waals surface area contributed by atoms with E-state index in [4.69, 9.17) is 11.6 Å². The van der Waals surface area contributed by atoms with Gasteiger partial charge in [-0.15, -0.1) is 0 Å². The summed E-state index contributed by atoms with van der Waals surface area (Å²) in [5.41, 5.74) is 3.69. The van der Waals surface area contributed by atoms with Crippen molar-refractivity contribution in [2.75, 3.05) is 5.32 Å². The van der Waals surface area contributed by atoms with Crippen LogP contribution in [0.3, 0.4) is 0 Å². The molecule has 0 fully saturated rings. The number of hydrogen-bond donors (Lipinski definition) is 1. The number of nitrogens with zero attached hydrogens (tertiary/aromatic N) is 2. The van der Waals surface area contributed by atoms with Crippen molar-refractivity contribution in [1.82, 2.24) is 9.97 Å². The molecule has 0 saturated heterocycles. The second kappa shape index (κ2) is 6.50. The normalized spacial score (nSPS) is 10.2. The van der Waals surface area contributed by atoms with Crippen LogP contribution in [0.15, 0.2) is 37.1 Å². The molecule has 0 aliphatic heterocycles. The third-order valence-corrected chi connectivity index (χ3v) is 3.23. The third kappa shape index (κ3) is 3.89. The van der Waals surface area contributed by atoms with E-state index in [1.807, 2.05) is 32.0 Å². The lowest BCUT2D eigenvalue weighted by Gasteiger charge is -2.13. The molecule has 0 saturated carbocycles. The summed E-state index contributed by atoms with van der Waals surface area (Å²) in [4.78, 5) is 19.7. The average Bonchev–Trinajstić information content (AvgIpc) is 2.45. The number of allylic oxidation sites excluding steroid dienone is 1. The zero-order valence-electron chi connectivity index (χ0n) is 12.0. The largest absolute Gasteiger partial charge is 0.340 e. The number of benzene rings is 1. The van der Waals surface area contributed by atoms with E-state index >= 15 is 0 Å². The third-order valence-electron chi connectivity index (χ3n) is 3.05. The Kier molecular flexibility index (Phi) is 4.70. The quantitative estimate of drug-likeness (QED) is 0.674. The van der Waals surface area contributed by atoms with Gasteiger partial charge in [0, 0.05) is 23.9 Å². The number of nitrogens with one attached hydrogen (secondary N) is 1. The molecule has 0 amide bonds. The Morgan fingerprint density at radius 1 is 1.43 bits per heavy atom. The summed E-state index contributed by atoms with van der Waals surface area (Å²) >= 11 is 5.83. The monoisotopic (exact) mass is 301 g/mol. The van der Waals surface area contributed by atoms with Crippen molar-refractivity contribution in [3.05, 3.63) is 59.0 Å². The predicted molar refractivity (Wildman–Crippen MR) is 85.1 cm³/mol. The maximum absolute atomic E-state index is 11.6. The maximum Gasteiger partial charge on any atom is 0.224 e. The van der Waals surface area contributed by atoms with E-state index in [9.17, 15) is 4.79 Å². The fraction of sp³-hybridized carbons (Fsp3) is 0.188. The van der Waals surface area contributed by atoms with Crippen LogP contribution < -0.4 is 5.32 Å². The van der Waals surface area contributed by atoms with Gasteiger partial charge < -0.3 is 5.32 Å². The van der Waals surface area contributed by atoms with E-state index in [1.54, 1.807) is 6.20 Å². The van der Waals surface area contributed by atoms with E-state index < -0.39 is 0 Å². The molecular formula is C16H16ClN3O. The summed E-state index contributed by atoms with van der Waals surface area (Å²) in [5.74, 6) is 0.604. The molecule has 2 rings (SSSR count). The Balaban J connectivity index is 2.37. The summed E-state index contributed by atoms with van der Waals surface area (Å²) in [6.45, 7) is 7.39. The lowest BCUT2D eigenvalue weighted by Crippen LogP contribution is -2.05. The number of carbonyl (C=O) groups is 1. The topological polar surface area (TPSA) is 54.9 Å². The molecule has 1 aromatic carbocycles. The van der Waals surface area contributed by atoms with Gasteiger partial charge in [-0.25, -0.2) is 9.97 Å². The van der Waals surface area contributed by atoms with Gasteiger partial charge in [0.2, 0.25) is 5.28 Å². The van der Waals surface area contributed by atoms with Gasteiger partial charge >= 0.3 is 0 Å². The van der Waals surface area contributed by atoms with Gasteiger partial charge in [0.15, 0.2) is 5.78 Å². The first-order valence-electron chi connectivity index (χ1n) is 6.50. The van der Waals surface area contributed by atoms with E-state index in [1.165, 1.54) is 6.08 Å². The highest BCUT2D eigenvalue weighted by atomic mass is 35.5. The van der Waals surface area contributed by atoms with Gasteiger partial charge in [0.05, 0.1) is 0 Å². The summed E-state index contributed by atoms with van der Waals surface area (Å²) in [6, 6.07) is 5.88. The number of rotatable bonds is 5. The molecule has 21 heavy (non-hydrogen) atoms. The van der Waals surface area contributed by atoms with Crippen LogP contribution in [0, 0.1) is 13.8 Å². The summed E-state index contributed by atoms with van der Waals surface area (Å²) in [6.07, 6.45) is 3.28. The molecule has 108 valence electrons. The highest BCUT2D eigenvalue weighted by Crippen LogP contribution is 2.24. The Morgan fingerprint density at radius 2 is 2.19 bits per heavy atom. The number of ketones is 1. The van der Waals surface area contributed by atoms with E-state index in [2.05, 4.69) is 21.9 Å². The Hall–Kier alpha value is -2.20. The molecule has 0 aliphatic rings. The summed E-state index contributed by atoms with van der Waals surface area (Å²) in [5, 5.41) is 3.40. The molecule has 0 atom stereocenters. The van der Waals surface area contributed by atoms with E-state index in [0.29, 0.717) is 12.2 Å². The van der Waals surface area contributed by atoms with Crippen molar-refractivity contribution >= 4 is 28.9 Å². The van der Waals surface area contributed by atoms with Crippen LogP contribution in [0.25, 0.3) is 0 Å². The highest BCUT2D eigenvalue weighted by molar-refractivity contribution is 6.28. The van der Waals surface area contributed by atoms with Crippen LogP contribution in [0.2, 0.25) is 5.28 Å². The van der Waals surface area contributed by atoms with Gasteiger partial charge in [-0.05, 0) is 43.2 Å². The Labute approximate surface area is 128 Å². The van der Waals surface area contributed by atoms with Gasteiger partial charge in [-0.1, -0.05) is 24.3 Å². The molecule has 0 unspecified atom stereocenters. The van der Waals surface area contributed by atoms with Crippen molar-refractivity contribution in [3.8, 4) is 0 Å². The number of aromatic nitrogens is 2. The molecule has 5 heteroatoms. The number of aryl methyl sites for hydroxylation is 2. The summed E-state index contributed by atoms with van der Waals surface area (Å²) in [7, 11) is 0. The molecule has 4 nitrogen and oxygen atoms in total. The van der Waals surface area contributed by atoms with Gasteiger partial charge in [-0.3, -0.25) is 4.79 Å². The van der Waals surface area contributed by atoms with Gasteiger partial charge in [-0.2, -0.15) is 0 Å². The smallest absolute Gasteiger partial charge is 0.224 e. The molecule has 2 aromatic rings. The van der Waals surface area contributed by atoms with Crippen LogP contribution >= 0.6 is 11.6 Å². The molecule has 0 radical (unpaired) electrons. The minimum absolute atomic E-state index is 0.0268.